The molecule has 0 spiro atoms. The molecule has 2 fully saturated rings. The number of aromatic nitrogens is 4. The van der Waals surface area contributed by atoms with Crippen LogP contribution < -0.4 is 4.74 Å². The van der Waals surface area contributed by atoms with Crippen molar-refractivity contribution < 1.29 is 14.6 Å². The third-order valence-corrected chi connectivity index (χ3v) is 7.27. The second-order valence-electron chi connectivity index (χ2n) is 8.87. The van der Waals surface area contributed by atoms with Gasteiger partial charge in [-0.05, 0) is 37.0 Å². The summed E-state index contributed by atoms with van der Waals surface area (Å²) in [6.07, 6.45) is 4.12. The van der Waals surface area contributed by atoms with Crippen LogP contribution in [0.3, 0.4) is 0 Å². The van der Waals surface area contributed by atoms with E-state index in [4.69, 9.17) is 9.72 Å². The van der Waals surface area contributed by atoms with Gasteiger partial charge in [0.15, 0.2) is 0 Å². The molecule has 1 aromatic carbocycles. The van der Waals surface area contributed by atoms with Crippen LogP contribution in [-0.2, 0) is 4.79 Å². The van der Waals surface area contributed by atoms with Crippen molar-refractivity contribution >= 4 is 27.5 Å². The number of carbonyl (C=O) groups is 1. The number of hydrogen-bond acceptors (Lipinski definition) is 7. The second-order valence-corrected chi connectivity index (χ2v) is 9.93. The molecule has 3 aromatic rings. The van der Waals surface area contributed by atoms with Gasteiger partial charge in [-0.3, -0.25) is 4.79 Å². The lowest BCUT2D eigenvalue weighted by molar-refractivity contribution is -0.137. The summed E-state index contributed by atoms with van der Waals surface area (Å²) in [6, 6.07) is 5.06. The van der Waals surface area contributed by atoms with Gasteiger partial charge in [0, 0.05) is 25.1 Å². The lowest BCUT2D eigenvalue weighted by Gasteiger charge is -2.29. The molecule has 1 saturated carbocycles. The molecule has 1 N–H and O–H groups in total. The summed E-state index contributed by atoms with van der Waals surface area (Å²) in [5, 5.41) is 19.9. The highest BCUT2D eigenvalue weighted by molar-refractivity contribution is 7.18. The molecule has 8 nitrogen and oxygen atoms in total. The molecule has 1 amide bonds. The van der Waals surface area contributed by atoms with E-state index in [1.165, 1.54) is 0 Å². The quantitative estimate of drug-likeness (QED) is 0.631. The highest BCUT2D eigenvalue weighted by Gasteiger charge is 2.41. The van der Waals surface area contributed by atoms with Gasteiger partial charge >= 0.3 is 0 Å². The largest absolute Gasteiger partial charge is 0.497 e. The first kappa shape index (κ1) is 20.4. The van der Waals surface area contributed by atoms with Crippen LogP contribution in [0.2, 0.25) is 0 Å². The molecule has 1 aliphatic heterocycles. The van der Waals surface area contributed by atoms with E-state index in [1.54, 1.807) is 28.0 Å². The Balaban J connectivity index is 1.45. The third kappa shape index (κ3) is 3.80. The number of aliphatic hydroxyl groups is 1. The van der Waals surface area contributed by atoms with Gasteiger partial charge < -0.3 is 14.7 Å². The van der Waals surface area contributed by atoms with Crippen molar-refractivity contribution in [1.29, 1.82) is 0 Å². The zero-order valence-corrected chi connectivity index (χ0v) is 18.7. The SMILES string of the molecule is COc1ccc2nc([C@@H]3C[C@@H](O)CN3C(=O)[C@H](C(C)C)n3cc(C4CC4)nn3)sc2c1. The van der Waals surface area contributed by atoms with Crippen LogP contribution in [0.5, 0.6) is 5.75 Å². The Morgan fingerprint density at radius 3 is 2.84 bits per heavy atom. The van der Waals surface area contributed by atoms with Gasteiger partial charge in [-0.25, -0.2) is 9.67 Å². The molecule has 31 heavy (non-hydrogen) atoms. The van der Waals surface area contributed by atoms with Crippen molar-refractivity contribution in [2.24, 2.45) is 5.92 Å². The summed E-state index contributed by atoms with van der Waals surface area (Å²) in [5.74, 6) is 1.26. The van der Waals surface area contributed by atoms with Crippen molar-refractivity contribution in [3.05, 3.63) is 35.1 Å². The average molecular weight is 442 g/mol. The number of benzene rings is 1. The molecule has 0 radical (unpaired) electrons. The number of nitrogens with zero attached hydrogens (tertiary/aromatic N) is 5. The minimum atomic E-state index is -0.568. The normalized spacial score (nSPS) is 22.4. The number of thiazole rings is 1. The monoisotopic (exact) mass is 441 g/mol. The molecule has 2 aliphatic rings. The first-order valence-corrected chi connectivity index (χ1v) is 11.6. The van der Waals surface area contributed by atoms with Crippen LogP contribution in [0.1, 0.15) is 61.8 Å². The van der Waals surface area contributed by atoms with Crippen molar-refractivity contribution in [3.63, 3.8) is 0 Å². The molecule has 5 rings (SSSR count). The molecular weight excluding hydrogens is 414 g/mol. The van der Waals surface area contributed by atoms with Crippen LogP contribution in [0.15, 0.2) is 24.4 Å². The maximum absolute atomic E-state index is 13.7. The number of methoxy groups -OCH3 is 1. The minimum Gasteiger partial charge on any atom is -0.497 e. The molecule has 2 aromatic heterocycles. The summed E-state index contributed by atoms with van der Waals surface area (Å²) in [4.78, 5) is 20.3. The Hall–Kier alpha value is -2.52. The number of rotatable bonds is 6. The topological polar surface area (TPSA) is 93.4 Å². The number of fused-ring (bicyclic) bond motifs is 1. The number of hydrogen-bond donors (Lipinski definition) is 1. The number of likely N-dealkylation sites (tertiary alicyclic amines) is 1. The fourth-order valence-corrected chi connectivity index (χ4v) is 5.47. The van der Waals surface area contributed by atoms with E-state index in [9.17, 15) is 9.90 Å². The molecule has 0 unspecified atom stereocenters. The Bertz CT molecular complexity index is 1110. The Kier molecular flexibility index (Phi) is 5.18. The number of carbonyl (C=O) groups excluding carboxylic acids is 1. The summed E-state index contributed by atoms with van der Waals surface area (Å²) >= 11 is 1.55. The molecule has 1 saturated heterocycles. The van der Waals surface area contributed by atoms with E-state index >= 15 is 0 Å². The van der Waals surface area contributed by atoms with E-state index in [0.717, 1.165) is 39.5 Å². The van der Waals surface area contributed by atoms with Crippen LogP contribution in [0.25, 0.3) is 10.2 Å². The summed E-state index contributed by atoms with van der Waals surface area (Å²) < 4.78 is 8.04. The fourth-order valence-electron chi connectivity index (χ4n) is 4.35. The highest BCUT2D eigenvalue weighted by Crippen LogP contribution is 2.41. The smallest absolute Gasteiger partial charge is 0.248 e. The first-order valence-electron chi connectivity index (χ1n) is 10.8. The Morgan fingerprint density at radius 1 is 1.32 bits per heavy atom. The van der Waals surface area contributed by atoms with Gasteiger partial charge in [-0.2, -0.15) is 0 Å². The standard InChI is InChI=1S/C22H27N5O3S/c1-12(2)20(27-11-17(24-25-27)13-4-5-13)22(29)26-10-14(28)8-18(26)21-23-16-7-6-15(30-3)9-19(16)31-21/h6-7,9,11-14,18,20,28H,4-5,8,10H2,1-3H3/t14-,18+,20+/m1/s1. The predicted octanol–water partition coefficient (Wildman–Crippen LogP) is 3.31. The van der Waals surface area contributed by atoms with Crippen LogP contribution >= 0.6 is 11.3 Å². The average Bonchev–Trinajstić information content (AvgIpc) is 3.15. The second kappa shape index (κ2) is 7.87. The molecular formula is C22H27N5O3S. The minimum absolute atomic E-state index is 0.0410. The Labute approximate surface area is 184 Å². The predicted molar refractivity (Wildman–Crippen MR) is 117 cm³/mol. The lowest BCUT2D eigenvalue weighted by atomic mass is 10.0. The van der Waals surface area contributed by atoms with Crippen molar-refractivity contribution in [1.82, 2.24) is 24.9 Å². The number of ether oxygens (including phenoxy) is 1. The molecule has 0 bridgehead atoms. The van der Waals surface area contributed by atoms with Gasteiger partial charge in [-0.1, -0.05) is 19.1 Å². The maximum Gasteiger partial charge on any atom is 0.248 e. The van der Waals surface area contributed by atoms with Crippen LogP contribution in [0, 0.1) is 5.92 Å². The number of aliphatic hydroxyl groups excluding tert-OH is 1. The van der Waals surface area contributed by atoms with Gasteiger partial charge in [0.05, 0.1) is 35.2 Å². The van der Waals surface area contributed by atoms with Crippen molar-refractivity contribution in [2.75, 3.05) is 13.7 Å². The molecule has 164 valence electrons. The molecule has 9 heteroatoms. The maximum atomic E-state index is 13.7. The van der Waals surface area contributed by atoms with E-state index in [-0.39, 0.29) is 17.9 Å². The van der Waals surface area contributed by atoms with Crippen LogP contribution in [0.4, 0.5) is 0 Å². The zero-order valence-electron chi connectivity index (χ0n) is 17.9. The van der Waals surface area contributed by atoms with Crippen molar-refractivity contribution in [2.45, 2.75) is 57.2 Å². The van der Waals surface area contributed by atoms with E-state index in [0.29, 0.717) is 18.9 Å². The number of β-amino-alcohol motifs (C(OH)–C–C–N with tert-alkyl or cyclic N) is 1. The summed E-state index contributed by atoms with van der Waals surface area (Å²) in [6.45, 7) is 4.34. The highest BCUT2D eigenvalue weighted by atomic mass is 32.1. The van der Waals surface area contributed by atoms with Gasteiger partial charge in [-0.15, -0.1) is 16.4 Å². The zero-order chi connectivity index (χ0) is 21.7. The molecule has 1 aliphatic carbocycles. The van der Waals surface area contributed by atoms with E-state index in [1.807, 2.05) is 38.2 Å². The first-order chi connectivity index (χ1) is 14.9. The van der Waals surface area contributed by atoms with E-state index in [2.05, 4.69) is 10.3 Å². The summed E-state index contributed by atoms with van der Waals surface area (Å²) in [5.41, 5.74) is 1.84. The van der Waals surface area contributed by atoms with E-state index < -0.39 is 12.1 Å². The molecule has 3 heterocycles. The third-order valence-electron chi connectivity index (χ3n) is 6.15. The van der Waals surface area contributed by atoms with Gasteiger partial charge in [0.2, 0.25) is 5.91 Å². The Morgan fingerprint density at radius 2 is 2.13 bits per heavy atom. The molecule has 3 atom stereocenters. The summed E-state index contributed by atoms with van der Waals surface area (Å²) in [7, 11) is 1.64. The van der Waals surface area contributed by atoms with Crippen molar-refractivity contribution in [3.8, 4) is 5.75 Å². The fraction of sp³-hybridized carbons (Fsp3) is 0.545. The van der Waals surface area contributed by atoms with Gasteiger partial charge in [0.25, 0.3) is 0 Å². The lowest BCUT2D eigenvalue weighted by Crippen LogP contribution is -2.40. The van der Waals surface area contributed by atoms with Crippen LogP contribution in [-0.4, -0.2) is 55.6 Å². The number of amides is 1. The van der Waals surface area contributed by atoms with Gasteiger partial charge in [0.1, 0.15) is 16.8 Å².